The maximum Gasteiger partial charge on any atom is 0.275 e. The fourth-order valence-corrected chi connectivity index (χ4v) is 4.73. The highest BCUT2D eigenvalue weighted by molar-refractivity contribution is 6.04. The van der Waals surface area contributed by atoms with Gasteiger partial charge in [-0.05, 0) is 26.3 Å². The number of fused-ring (bicyclic) bond motifs is 2. The van der Waals surface area contributed by atoms with Gasteiger partial charge >= 0.3 is 0 Å². The van der Waals surface area contributed by atoms with Crippen LogP contribution in [-0.4, -0.2) is 77.6 Å². The highest BCUT2D eigenvalue weighted by Gasteiger charge is 2.37. The van der Waals surface area contributed by atoms with E-state index in [-0.39, 0.29) is 18.1 Å². The molecule has 2 N–H and O–H groups in total. The molecule has 0 saturated carbocycles. The van der Waals surface area contributed by atoms with Crippen molar-refractivity contribution in [2.45, 2.75) is 51.4 Å². The van der Waals surface area contributed by atoms with Crippen LogP contribution in [0, 0.1) is 0 Å². The molecule has 2 aromatic heterocycles. The van der Waals surface area contributed by atoms with E-state index in [9.17, 15) is 9.90 Å². The maximum absolute atomic E-state index is 13.2. The molecule has 0 radical (unpaired) electrons. The summed E-state index contributed by atoms with van der Waals surface area (Å²) in [4.78, 5) is 17.3. The zero-order chi connectivity index (χ0) is 20.8. The highest BCUT2D eigenvalue weighted by atomic mass is 16.3. The van der Waals surface area contributed by atoms with Crippen molar-refractivity contribution < 1.29 is 9.90 Å². The Morgan fingerprint density at radius 2 is 2.03 bits per heavy atom. The van der Waals surface area contributed by atoms with Crippen molar-refractivity contribution in [3.05, 3.63) is 41.6 Å². The normalized spacial score (nSPS) is 22.6. The number of para-hydroxylation sites is 1. The van der Waals surface area contributed by atoms with E-state index in [1.165, 1.54) is 0 Å². The molecule has 158 valence electrons. The van der Waals surface area contributed by atoms with Crippen LogP contribution in [0.5, 0.6) is 0 Å². The minimum Gasteiger partial charge on any atom is -0.392 e. The van der Waals surface area contributed by atoms with Crippen LogP contribution in [0.3, 0.4) is 0 Å². The second kappa shape index (κ2) is 7.48. The average Bonchev–Trinajstić information content (AvgIpc) is 3.40. The van der Waals surface area contributed by atoms with Crippen LogP contribution in [0.25, 0.3) is 10.9 Å². The van der Waals surface area contributed by atoms with E-state index >= 15 is 0 Å². The third-order valence-electron chi connectivity index (χ3n) is 6.29. The molecule has 9 nitrogen and oxygen atoms in total. The summed E-state index contributed by atoms with van der Waals surface area (Å²) in [6.07, 6.45) is 0.971. The number of nitrogens with zero attached hydrogens (tertiary/aromatic N) is 6. The monoisotopic (exact) mass is 409 g/mol. The number of aliphatic hydroxyl groups is 1. The molecule has 0 spiro atoms. The van der Waals surface area contributed by atoms with Gasteiger partial charge in [0, 0.05) is 44.0 Å². The summed E-state index contributed by atoms with van der Waals surface area (Å²) < 4.78 is 2.15. The standard InChI is InChI=1S/C21H27N7O2/c1-13(2)28-12-14(29)11-17(28)20-25-23-18-7-8-26(9-10-27(18)20)21(30)19-15-5-3-4-6-16(15)22-24-19/h3-6,13-14,17,29H,7-12H2,1-2H3,(H,22,24)/t14-,17+/m1/s1. The molecule has 2 aliphatic rings. The summed E-state index contributed by atoms with van der Waals surface area (Å²) in [6, 6.07) is 8.06. The third-order valence-corrected chi connectivity index (χ3v) is 6.29. The summed E-state index contributed by atoms with van der Waals surface area (Å²) >= 11 is 0. The Kier molecular flexibility index (Phi) is 4.79. The van der Waals surface area contributed by atoms with Gasteiger partial charge < -0.3 is 14.6 Å². The van der Waals surface area contributed by atoms with Crippen molar-refractivity contribution >= 4 is 16.8 Å². The van der Waals surface area contributed by atoms with Gasteiger partial charge in [0.2, 0.25) is 0 Å². The van der Waals surface area contributed by atoms with Gasteiger partial charge in [-0.25, -0.2) is 0 Å². The topological polar surface area (TPSA) is 103 Å². The molecular formula is C21H27N7O2. The summed E-state index contributed by atoms with van der Waals surface area (Å²) in [5.41, 5.74) is 1.33. The Labute approximate surface area is 174 Å². The molecule has 1 fully saturated rings. The number of amides is 1. The van der Waals surface area contributed by atoms with E-state index in [4.69, 9.17) is 0 Å². The molecule has 5 rings (SSSR count). The lowest BCUT2D eigenvalue weighted by Crippen LogP contribution is -2.35. The van der Waals surface area contributed by atoms with E-state index in [2.05, 4.69) is 43.7 Å². The van der Waals surface area contributed by atoms with Crippen LogP contribution in [0.2, 0.25) is 0 Å². The van der Waals surface area contributed by atoms with E-state index < -0.39 is 0 Å². The van der Waals surface area contributed by atoms with Crippen molar-refractivity contribution in [1.29, 1.82) is 0 Å². The van der Waals surface area contributed by atoms with Gasteiger partial charge in [0.25, 0.3) is 5.91 Å². The molecule has 2 aliphatic heterocycles. The molecule has 0 unspecified atom stereocenters. The van der Waals surface area contributed by atoms with Crippen LogP contribution in [0.1, 0.15) is 48.4 Å². The number of benzene rings is 1. The van der Waals surface area contributed by atoms with E-state index in [1.807, 2.05) is 29.2 Å². The first-order valence-electron chi connectivity index (χ1n) is 10.6. The molecule has 0 bridgehead atoms. The molecule has 1 amide bonds. The van der Waals surface area contributed by atoms with Gasteiger partial charge in [-0.15, -0.1) is 10.2 Å². The lowest BCUT2D eigenvalue weighted by atomic mass is 10.1. The quantitative estimate of drug-likeness (QED) is 0.677. The number of hydrogen-bond acceptors (Lipinski definition) is 6. The second-order valence-corrected chi connectivity index (χ2v) is 8.48. The van der Waals surface area contributed by atoms with Crippen LogP contribution in [0.15, 0.2) is 24.3 Å². The predicted octanol–water partition coefficient (Wildman–Crippen LogP) is 1.37. The first-order chi connectivity index (χ1) is 14.5. The largest absolute Gasteiger partial charge is 0.392 e. The Balaban J connectivity index is 1.38. The maximum atomic E-state index is 13.2. The second-order valence-electron chi connectivity index (χ2n) is 8.48. The molecule has 3 aromatic rings. The molecule has 1 saturated heterocycles. The van der Waals surface area contributed by atoms with Crippen molar-refractivity contribution in [2.24, 2.45) is 0 Å². The van der Waals surface area contributed by atoms with E-state index in [0.29, 0.717) is 50.8 Å². The van der Waals surface area contributed by atoms with Gasteiger partial charge in [-0.3, -0.25) is 14.8 Å². The van der Waals surface area contributed by atoms with Crippen molar-refractivity contribution in [3.63, 3.8) is 0 Å². The molecular weight excluding hydrogens is 382 g/mol. The van der Waals surface area contributed by atoms with Crippen LogP contribution >= 0.6 is 0 Å². The Hall–Kier alpha value is -2.78. The lowest BCUT2D eigenvalue weighted by molar-refractivity contribution is 0.0754. The number of hydrogen-bond donors (Lipinski definition) is 2. The molecule has 1 aromatic carbocycles. The van der Waals surface area contributed by atoms with Gasteiger partial charge in [-0.1, -0.05) is 18.2 Å². The first kappa shape index (κ1) is 19.2. The molecule has 2 atom stereocenters. The molecule has 9 heteroatoms. The zero-order valence-electron chi connectivity index (χ0n) is 17.3. The Morgan fingerprint density at radius 1 is 1.20 bits per heavy atom. The number of nitrogens with one attached hydrogen (secondary N) is 1. The van der Waals surface area contributed by atoms with Gasteiger partial charge in [-0.2, -0.15) is 5.10 Å². The first-order valence-corrected chi connectivity index (χ1v) is 10.6. The lowest BCUT2D eigenvalue weighted by Gasteiger charge is -2.27. The number of likely N-dealkylation sites (tertiary alicyclic amines) is 1. The number of aromatic amines is 1. The average molecular weight is 409 g/mol. The molecule has 30 heavy (non-hydrogen) atoms. The number of aromatic nitrogens is 5. The summed E-state index contributed by atoms with van der Waals surface area (Å²) in [6.45, 7) is 6.73. The number of H-pyrrole nitrogens is 1. The summed E-state index contributed by atoms with van der Waals surface area (Å²) in [5, 5.41) is 27.2. The van der Waals surface area contributed by atoms with E-state index in [1.54, 1.807) is 0 Å². The number of rotatable bonds is 3. The molecule has 4 heterocycles. The van der Waals surface area contributed by atoms with Crippen molar-refractivity contribution in [2.75, 3.05) is 19.6 Å². The summed E-state index contributed by atoms with van der Waals surface area (Å²) in [5.74, 6) is 1.74. The number of carbonyl (C=O) groups is 1. The van der Waals surface area contributed by atoms with E-state index in [0.717, 1.165) is 22.6 Å². The van der Waals surface area contributed by atoms with Gasteiger partial charge in [0.05, 0.1) is 17.7 Å². The third kappa shape index (κ3) is 3.18. The van der Waals surface area contributed by atoms with Crippen LogP contribution in [0.4, 0.5) is 0 Å². The smallest absolute Gasteiger partial charge is 0.275 e. The van der Waals surface area contributed by atoms with Crippen molar-refractivity contribution in [1.82, 2.24) is 34.8 Å². The predicted molar refractivity (Wildman–Crippen MR) is 111 cm³/mol. The fourth-order valence-electron chi connectivity index (χ4n) is 4.73. The highest BCUT2D eigenvalue weighted by Crippen LogP contribution is 2.33. The zero-order valence-corrected chi connectivity index (χ0v) is 17.3. The molecule has 0 aliphatic carbocycles. The number of aliphatic hydroxyl groups excluding tert-OH is 1. The number of carbonyl (C=O) groups excluding carboxylic acids is 1. The van der Waals surface area contributed by atoms with Gasteiger partial charge in [0.1, 0.15) is 5.82 Å². The van der Waals surface area contributed by atoms with Gasteiger partial charge in [0.15, 0.2) is 11.5 Å². The Bertz CT molecular complexity index is 1070. The minimum atomic E-state index is -0.345. The van der Waals surface area contributed by atoms with Crippen molar-refractivity contribution in [3.8, 4) is 0 Å². The minimum absolute atomic E-state index is 0.0544. The fraction of sp³-hybridized carbons (Fsp3) is 0.524. The SMILES string of the molecule is CC(C)N1C[C@H](O)C[C@H]1c1nnc2n1CCN(C(=O)c1n[nH]c3ccccc13)CC2. The Morgan fingerprint density at radius 3 is 2.87 bits per heavy atom. The summed E-state index contributed by atoms with van der Waals surface area (Å²) in [7, 11) is 0. The van der Waals surface area contributed by atoms with Crippen LogP contribution < -0.4 is 0 Å². The van der Waals surface area contributed by atoms with Crippen LogP contribution in [-0.2, 0) is 13.0 Å². The number of β-amino-alcohol motifs (C(OH)–C–C–N with tert-alkyl or cyclic N) is 1.